The highest BCUT2D eigenvalue weighted by molar-refractivity contribution is 6.30. The number of benzene rings is 2. The highest BCUT2D eigenvalue weighted by Crippen LogP contribution is 2.27. The predicted octanol–water partition coefficient (Wildman–Crippen LogP) is 6.01. The van der Waals surface area contributed by atoms with Crippen LogP contribution in [0, 0.1) is 6.92 Å². The Morgan fingerprint density at radius 3 is 2.26 bits per heavy atom. The van der Waals surface area contributed by atoms with Crippen LogP contribution in [0.3, 0.4) is 0 Å². The molecule has 0 radical (unpaired) electrons. The molecule has 0 fully saturated rings. The fourth-order valence-electron chi connectivity index (χ4n) is 3.33. The normalized spacial score (nSPS) is 11.2. The van der Waals surface area contributed by atoms with Crippen LogP contribution < -0.4 is 10.6 Å². The Kier molecular flexibility index (Phi) is 7.99. The van der Waals surface area contributed by atoms with Crippen molar-refractivity contribution in [1.29, 1.82) is 0 Å². The minimum atomic E-state index is -0.317. The molecule has 3 aromatic rings. The van der Waals surface area contributed by atoms with E-state index in [2.05, 4.69) is 31.4 Å². The molecular weight excluding hydrogens is 450 g/mol. The first-order chi connectivity index (χ1) is 16.1. The summed E-state index contributed by atoms with van der Waals surface area (Å²) in [5.41, 5.74) is 3.19. The average Bonchev–Trinajstić information content (AvgIpc) is 3.19. The summed E-state index contributed by atoms with van der Waals surface area (Å²) in [6.45, 7) is 10.5. The fourth-order valence-corrected chi connectivity index (χ4v) is 3.46. The maximum absolute atomic E-state index is 13.0. The summed E-state index contributed by atoms with van der Waals surface area (Å²) in [7, 11) is 0. The Morgan fingerprint density at radius 2 is 1.68 bits per heavy atom. The molecule has 0 aliphatic carbocycles. The van der Waals surface area contributed by atoms with Gasteiger partial charge >= 0.3 is 6.03 Å². The number of hydrogen-bond donors (Lipinski definition) is 2. The van der Waals surface area contributed by atoms with E-state index >= 15 is 0 Å². The molecule has 7 nitrogen and oxygen atoms in total. The summed E-state index contributed by atoms with van der Waals surface area (Å²) in [6, 6.07) is 16.3. The Morgan fingerprint density at radius 1 is 1.03 bits per heavy atom. The number of aryl methyl sites for hydroxylation is 1. The zero-order valence-corrected chi connectivity index (χ0v) is 21.1. The summed E-state index contributed by atoms with van der Waals surface area (Å²) >= 11 is 6.04. The lowest BCUT2D eigenvalue weighted by molar-refractivity contribution is -0.116. The van der Waals surface area contributed by atoms with Crippen molar-refractivity contribution in [3.05, 3.63) is 70.9 Å². The Balaban J connectivity index is 1.78. The molecule has 1 heterocycles. The molecular formula is C26H32ClN5O2. The van der Waals surface area contributed by atoms with Gasteiger partial charge in [0.1, 0.15) is 12.4 Å². The molecule has 2 N–H and O–H groups in total. The standard InChI is InChI=1S/C26H32ClN5O2/c1-6-15-31(25(34)28-20-11-7-18(2)8-12-20)17-24(33)29-23-16-22(26(3,4)5)30-32(23)21-13-9-19(27)10-14-21/h7-14,16H,6,15,17H2,1-5H3,(H,28,34)(H,29,33). The molecule has 3 rings (SSSR count). The van der Waals surface area contributed by atoms with E-state index in [9.17, 15) is 9.59 Å². The number of nitrogens with one attached hydrogen (secondary N) is 2. The maximum atomic E-state index is 13.0. The molecule has 2 aromatic carbocycles. The van der Waals surface area contributed by atoms with Gasteiger partial charge in [-0.15, -0.1) is 0 Å². The SMILES string of the molecule is CCCN(CC(=O)Nc1cc(C(C)(C)C)nn1-c1ccc(Cl)cc1)C(=O)Nc1ccc(C)cc1. The van der Waals surface area contributed by atoms with E-state index in [1.807, 2.05) is 56.3 Å². The van der Waals surface area contributed by atoms with Crippen molar-refractivity contribution >= 4 is 35.0 Å². The molecule has 0 spiro atoms. The largest absolute Gasteiger partial charge is 0.322 e. The summed E-state index contributed by atoms with van der Waals surface area (Å²) in [5.74, 6) is 0.232. The van der Waals surface area contributed by atoms with Gasteiger partial charge in [-0.05, 0) is 49.7 Å². The number of aromatic nitrogens is 2. The van der Waals surface area contributed by atoms with Crippen LogP contribution in [0.2, 0.25) is 5.02 Å². The van der Waals surface area contributed by atoms with Crippen molar-refractivity contribution < 1.29 is 9.59 Å². The zero-order chi connectivity index (χ0) is 24.9. The minimum Gasteiger partial charge on any atom is -0.315 e. The topological polar surface area (TPSA) is 79.3 Å². The number of hydrogen-bond acceptors (Lipinski definition) is 3. The second-order valence-corrected chi connectivity index (χ2v) is 9.76. The molecule has 0 unspecified atom stereocenters. The molecule has 0 aliphatic heterocycles. The third-order valence-corrected chi connectivity index (χ3v) is 5.49. The Labute approximate surface area is 206 Å². The van der Waals surface area contributed by atoms with Gasteiger partial charge < -0.3 is 15.5 Å². The molecule has 0 aliphatic rings. The van der Waals surface area contributed by atoms with Gasteiger partial charge in [0.2, 0.25) is 5.91 Å². The van der Waals surface area contributed by atoms with Crippen LogP contribution in [0.1, 0.15) is 45.4 Å². The molecule has 0 saturated carbocycles. The van der Waals surface area contributed by atoms with E-state index < -0.39 is 0 Å². The summed E-state index contributed by atoms with van der Waals surface area (Å²) in [4.78, 5) is 27.3. The summed E-state index contributed by atoms with van der Waals surface area (Å²) in [5, 5.41) is 11.1. The smallest absolute Gasteiger partial charge is 0.315 e. The number of carbonyl (C=O) groups excluding carboxylic acids is 2. The van der Waals surface area contributed by atoms with E-state index in [0.29, 0.717) is 23.1 Å². The Hall–Kier alpha value is -3.32. The van der Waals surface area contributed by atoms with Crippen molar-refractivity contribution in [1.82, 2.24) is 14.7 Å². The number of urea groups is 1. The lowest BCUT2D eigenvalue weighted by atomic mass is 9.92. The molecule has 0 bridgehead atoms. The van der Waals surface area contributed by atoms with Gasteiger partial charge in [-0.3, -0.25) is 4.79 Å². The lowest BCUT2D eigenvalue weighted by Crippen LogP contribution is -2.41. The number of anilines is 2. The van der Waals surface area contributed by atoms with Crippen molar-refractivity contribution in [2.45, 2.75) is 46.5 Å². The Bertz CT molecular complexity index is 1130. The van der Waals surface area contributed by atoms with E-state index in [1.54, 1.807) is 16.8 Å². The van der Waals surface area contributed by atoms with Gasteiger partial charge in [-0.1, -0.05) is 57.0 Å². The van der Waals surface area contributed by atoms with Crippen LogP contribution in [0.15, 0.2) is 54.6 Å². The van der Waals surface area contributed by atoms with E-state index in [-0.39, 0.29) is 23.9 Å². The van der Waals surface area contributed by atoms with Crippen molar-refractivity contribution in [3.63, 3.8) is 0 Å². The van der Waals surface area contributed by atoms with Gasteiger partial charge in [0.15, 0.2) is 0 Å². The summed E-state index contributed by atoms with van der Waals surface area (Å²) < 4.78 is 1.69. The summed E-state index contributed by atoms with van der Waals surface area (Å²) in [6.07, 6.45) is 0.728. The number of nitrogens with zero attached hydrogens (tertiary/aromatic N) is 3. The number of halogens is 1. The minimum absolute atomic E-state index is 0.0812. The van der Waals surface area contributed by atoms with E-state index in [4.69, 9.17) is 16.7 Å². The molecule has 3 amide bonds. The second-order valence-electron chi connectivity index (χ2n) is 9.32. The van der Waals surface area contributed by atoms with E-state index in [1.165, 1.54) is 4.90 Å². The van der Waals surface area contributed by atoms with Crippen LogP contribution in [-0.4, -0.2) is 39.7 Å². The fraction of sp³-hybridized carbons (Fsp3) is 0.346. The van der Waals surface area contributed by atoms with Crippen LogP contribution in [0.5, 0.6) is 0 Å². The van der Waals surface area contributed by atoms with Gasteiger partial charge in [-0.2, -0.15) is 5.10 Å². The first kappa shape index (κ1) is 25.3. The van der Waals surface area contributed by atoms with Crippen molar-refractivity contribution in [3.8, 4) is 5.69 Å². The van der Waals surface area contributed by atoms with Gasteiger partial charge in [0, 0.05) is 28.7 Å². The van der Waals surface area contributed by atoms with E-state index in [0.717, 1.165) is 23.4 Å². The van der Waals surface area contributed by atoms with Crippen molar-refractivity contribution in [2.75, 3.05) is 23.7 Å². The van der Waals surface area contributed by atoms with Crippen LogP contribution in [0.4, 0.5) is 16.3 Å². The quantitative estimate of drug-likeness (QED) is 0.433. The van der Waals surface area contributed by atoms with Crippen molar-refractivity contribution in [2.24, 2.45) is 0 Å². The molecule has 1 aromatic heterocycles. The number of amides is 3. The first-order valence-corrected chi connectivity index (χ1v) is 11.7. The maximum Gasteiger partial charge on any atom is 0.322 e. The average molecular weight is 482 g/mol. The first-order valence-electron chi connectivity index (χ1n) is 11.4. The molecule has 8 heteroatoms. The van der Waals surface area contributed by atoms with Gasteiger partial charge in [-0.25, -0.2) is 9.48 Å². The van der Waals surface area contributed by atoms with Crippen LogP contribution in [-0.2, 0) is 10.2 Å². The third kappa shape index (κ3) is 6.60. The van der Waals surface area contributed by atoms with Gasteiger partial charge in [0.25, 0.3) is 0 Å². The highest BCUT2D eigenvalue weighted by Gasteiger charge is 2.23. The monoisotopic (exact) mass is 481 g/mol. The van der Waals surface area contributed by atoms with Crippen LogP contribution in [0.25, 0.3) is 5.69 Å². The molecule has 0 atom stereocenters. The molecule has 34 heavy (non-hydrogen) atoms. The second kappa shape index (κ2) is 10.7. The predicted molar refractivity (Wildman–Crippen MR) is 138 cm³/mol. The van der Waals surface area contributed by atoms with Crippen LogP contribution >= 0.6 is 11.6 Å². The van der Waals surface area contributed by atoms with Gasteiger partial charge in [0.05, 0.1) is 11.4 Å². The third-order valence-electron chi connectivity index (χ3n) is 5.23. The molecule has 0 saturated heterocycles. The highest BCUT2D eigenvalue weighted by atomic mass is 35.5. The number of carbonyl (C=O) groups is 2. The number of rotatable bonds is 7. The zero-order valence-electron chi connectivity index (χ0n) is 20.4. The lowest BCUT2D eigenvalue weighted by Gasteiger charge is -2.22. The molecule has 180 valence electrons.